The van der Waals surface area contributed by atoms with Gasteiger partial charge in [-0.2, -0.15) is 0 Å². The van der Waals surface area contributed by atoms with Crippen molar-refractivity contribution in [2.45, 2.75) is 38.5 Å². The zero-order chi connectivity index (χ0) is 22.9. The van der Waals surface area contributed by atoms with Crippen LogP contribution in [0.2, 0.25) is 0 Å². The molecule has 3 heterocycles. The van der Waals surface area contributed by atoms with E-state index in [1.165, 1.54) is 12.4 Å². The van der Waals surface area contributed by atoms with Gasteiger partial charge in [-0.1, -0.05) is 0 Å². The lowest BCUT2D eigenvalue weighted by Crippen LogP contribution is -2.53. The molecule has 2 aromatic heterocycles. The van der Waals surface area contributed by atoms with Crippen LogP contribution in [0.25, 0.3) is 11.4 Å². The summed E-state index contributed by atoms with van der Waals surface area (Å²) in [7, 11) is 3.14. The minimum Gasteiger partial charge on any atom is -0.497 e. The number of aromatic nitrogens is 4. The Hall–Kier alpha value is -3.46. The van der Waals surface area contributed by atoms with Gasteiger partial charge in [-0.05, 0) is 38.5 Å². The zero-order valence-electron chi connectivity index (χ0n) is 18.6. The van der Waals surface area contributed by atoms with Crippen molar-refractivity contribution in [3.05, 3.63) is 58.8 Å². The monoisotopic (exact) mass is 437 g/mol. The van der Waals surface area contributed by atoms with E-state index in [-0.39, 0.29) is 17.6 Å². The van der Waals surface area contributed by atoms with Crippen molar-refractivity contribution in [1.29, 1.82) is 0 Å². The Bertz CT molecular complexity index is 1160. The molecule has 9 heteroatoms. The molecule has 1 aliphatic rings. The summed E-state index contributed by atoms with van der Waals surface area (Å²) in [6.45, 7) is 4.95. The third-order valence-electron chi connectivity index (χ3n) is 5.91. The molecule has 0 fully saturated rings. The number of rotatable bonds is 6. The van der Waals surface area contributed by atoms with Crippen LogP contribution in [0.4, 0.5) is 5.95 Å². The molecule has 0 spiro atoms. The molecule has 0 unspecified atom stereocenters. The number of aliphatic hydroxyl groups is 1. The standard InChI is InChI=1S/C23H27N5O4/c1-23(2)8-10-27-21(30)12-18(17-7-9-24-14-25-17)26-22(27)28(23)13-19(29)16-6-5-15(31-3)11-20(16)32-4/h5-7,9,11-12,14,19,29H,8,10,13H2,1-4H3/t19-/m0/s1. The lowest BCUT2D eigenvalue weighted by Gasteiger charge is -2.45. The van der Waals surface area contributed by atoms with Gasteiger partial charge < -0.3 is 19.5 Å². The largest absolute Gasteiger partial charge is 0.497 e. The Kier molecular flexibility index (Phi) is 5.84. The zero-order valence-corrected chi connectivity index (χ0v) is 18.6. The van der Waals surface area contributed by atoms with Crippen LogP contribution in [0.1, 0.15) is 31.9 Å². The highest BCUT2D eigenvalue weighted by Gasteiger charge is 2.36. The van der Waals surface area contributed by atoms with Crippen LogP contribution in [-0.2, 0) is 6.54 Å². The van der Waals surface area contributed by atoms with E-state index < -0.39 is 6.10 Å². The highest BCUT2D eigenvalue weighted by atomic mass is 16.5. The molecule has 168 valence electrons. The SMILES string of the molecule is COc1ccc([C@@H](O)CN2c3nc(-c4ccncn4)cc(=O)n3CCC2(C)C)c(OC)c1. The topological polar surface area (TPSA) is 103 Å². The number of aliphatic hydroxyl groups excluding tert-OH is 1. The number of hydrogen-bond acceptors (Lipinski definition) is 8. The van der Waals surface area contributed by atoms with Gasteiger partial charge in [0.1, 0.15) is 23.9 Å². The number of nitrogens with zero attached hydrogens (tertiary/aromatic N) is 5. The molecule has 3 aromatic rings. The Morgan fingerprint density at radius 2 is 1.97 bits per heavy atom. The van der Waals surface area contributed by atoms with E-state index in [1.54, 1.807) is 49.2 Å². The molecular weight excluding hydrogens is 410 g/mol. The molecule has 1 aliphatic heterocycles. The molecule has 32 heavy (non-hydrogen) atoms. The maximum atomic E-state index is 12.9. The summed E-state index contributed by atoms with van der Waals surface area (Å²) in [5.74, 6) is 1.69. The average Bonchev–Trinajstić information content (AvgIpc) is 2.80. The fourth-order valence-corrected chi connectivity index (χ4v) is 3.97. The predicted octanol–water partition coefficient (Wildman–Crippen LogP) is 2.44. The number of fused-ring (bicyclic) bond motifs is 1. The number of anilines is 1. The van der Waals surface area contributed by atoms with E-state index in [2.05, 4.69) is 23.8 Å². The molecule has 0 saturated heterocycles. The minimum absolute atomic E-state index is 0.152. The summed E-state index contributed by atoms with van der Waals surface area (Å²) < 4.78 is 12.4. The van der Waals surface area contributed by atoms with Gasteiger partial charge in [-0.25, -0.2) is 15.0 Å². The van der Waals surface area contributed by atoms with E-state index >= 15 is 0 Å². The van der Waals surface area contributed by atoms with Crippen LogP contribution in [0, 0.1) is 0 Å². The predicted molar refractivity (Wildman–Crippen MR) is 120 cm³/mol. The van der Waals surface area contributed by atoms with E-state index in [0.717, 1.165) is 6.42 Å². The minimum atomic E-state index is -0.874. The van der Waals surface area contributed by atoms with Crippen molar-refractivity contribution in [2.75, 3.05) is 25.7 Å². The van der Waals surface area contributed by atoms with E-state index in [9.17, 15) is 9.90 Å². The van der Waals surface area contributed by atoms with Crippen molar-refractivity contribution in [3.8, 4) is 22.9 Å². The number of hydrogen-bond donors (Lipinski definition) is 1. The Morgan fingerprint density at radius 1 is 1.16 bits per heavy atom. The summed E-state index contributed by atoms with van der Waals surface area (Å²) in [5, 5.41) is 11.2. The Morgan fingerprint density at radius 3 is 2.66 bits per heavy atom. The summed E-state index contributed by atoms with van der Waals surface area (Å²) in [6.07, 6.45) is 2.90. The Labute approximate surface area is 186 Å². The van der Waals surface area contributed by atoms with Crippen molar-refractivity contribution >= 4 is 5.95 Å². The third kappa shape index (κ3) is 4.03. The molecule has 0 bridgehead atoms. The molecule has 4 rings (SSSR count). The van der Waals surface area contributed by atoms with Crippen LogP contribution in [-0.4, -0.2) is 50.9 Å². The van der Waals surface area contributed by atoms with E-state index in [4.69, 9.17) is 14.5 Å². The summed E-state index contributed by atoms with van der Waals surface area (Å²) >= 11 is 0. The second kappa shape index (κ2) is 8.58. The maximum absolute atomic E-state index is 12.9. The summed E-state index contributed by atoms with van der Waals surface area (Å²) in [6, 6.07) is 8.52. The molecule has 0 amide bonds. The molecule has 1 atom stereocenters. The van der Waals surface area contributed by atoms with Gasteiger partial charge in [0.15, 0.2) is 0 Å². The normalized spacial score (nSPS) is 15.7. The van der Waals surface area contributed by atoms with Crippen molar-refractivity contribution in [1.82, 2.24) is 19.5 Å². The van der Waals surface area contributed by atoms with Gasteiger partial charge in [0.05, 0.1) is 32.2 Å². The van der Waals surface area contributed by atoms with E-state index in [0.29, 0.717) is 40.9 Å². The molecule has 0 saturated carbocycles. The van der Waals surface area contributed by atoms with Crippen LogP contribution in [0.5, 0.6) is 11.5 Å². The first-order valence-corrected chi connectivity index (χ1v) is 10.4. The van der Waals surface area contributed by atoms with Gasteiger partial charge >= 0.3 is 0 Å². The molecular formula is C23H27N5O4. The van der Waals surface area contributed by atoms with Crippen molar-refractivity contribution in [2.24, 2.45) is 0 Å². The van der Waals surface area contributed by atoms with Crippen LogP contribution < -0.4 is 19.9 Å². The fourth-order valence-electron chi connectivity index (χ4n) is 3.97. The van der Waals surface area contributed by atoms with Gasteiger partial charge in [0.2, 0.25) is 5.95 Å². The number of ether oxygens (including phenoxy) is 2. The second-order valence-electron chi connectivity index (χ2n) is 8.32. The quantitative estimate of drug-likeness (QED) is 0.627. The first-order valence-electron chi connectivity index (χ1n) is 10.4. The van der Waals surface area contributed by atoms with Crippen LogP contribution in [0.3, 0.4) is 0 Å². The number of methoxy groups -OCH3 is 2. The first kappa shape index (κ1) is 21.8. The van der Waals surface area contributed by atoms with Crippen molar-refractivity contribution in [3.63, 3.8) is 0 Å². The second-order valence-corrected chi connectivity index (χ2v) is 8.32. The maximum Gasteiger partial charge on any atom is 0.255 e. The van der Waals surface area contributed by atoms with Gasteiger partial charge in [0, 0.05) is 36.0 Å². The van der Waals surface area contributed by atoms with Gasteiger partial charge in [0.25, 0.3) is 5.56 Å². The summed E-state index contributed by atoms with van der Waals surface area (Å²) in [4.78, 5) is 27.8. The summed E-state index contributed by atoms with van der Waals surface area (Å²) in [5.41, 5.74) is 1.20. The van der Waals surface area contributed by atoms with Crippen molar-refractivity contribution < 1.29 is 14.6 Å². The van der Waals surface area contributed by atoms with Crippen LogP contribution in [0.15, 0.2) is 47.7 Å². The molecule has 0 radical (unpaired) electrons. The average molecular weight is 438 g/mol. The molecule has 1 aromatic carbocycles. The molecule has 0 aliphatic carbocycles. The number of benzene rings is 1. The molecule has 9 nitrogen and oxygen atoms in total. The fraction of sp³-hybridized carbons (Fsp3) is 0.391. The van der Waals surface area contributed by atoms with E-state index in [1.807, 2.05) is 4.90 Å². The molecule has 1 N–H and O–H groups in total. The lowest BCUT2D eigenvalue weighted by atomic mass is 9.94. The highest BCUT2D eigenvalue weighted by Crippen LogP contribution is 2.35. The Balaban J connectivity index is 1.75. The third-order valence-corrected chi connectivity index (χ3v) is 5.91. The lowest BCUT2D eigenvalue weighted by molar-refractivity contribution is 0.165. The van der Waals surface area contributed by atoms with Gasteiger partial charge in [-0.15, -0.1) is 0 Å². The smallest absolute Gasteiger partial charge is 0.255 e. The first-order chi connectivity index (χ1) is 15.3. The highest BCUT2D eigenvalue weighted by molar-refractivity contribution is 5.56. The number of β-amino-alcohol motifs (C(OH)–C–C–N with tert-alkyl or cyclic N) is 1. The van der Waals surface area contributed by atoms with Crippen LogP contribution >= 0.6 is 0 Å². The van der Waals surface area contributed by atoms with Gasteiger partial charge in [-0.3, -0.25) is 9.36 Å².